The number of nitrogens with one attached hydrogen (secondary N) is 1. The average Bonchev–Trinajstić information content (AvgIpc) is 2.67. The summed E-state index contributed by atoms with van der Waals surface area (Å²) >= 11 is 11.4. The van der Waals surface area contributed by atoms with Crippen LogP contribution in [-0.2, 0) is 14.4 Å². The SMILES string of the molecule is Cc1ccc(N2C(=O)NC(=O)/C(=C/c3cc(Br)c(OCC(=O)O)c(I)c3)C2=O)cc1Cl. The highest BCUT2D eigenvalue weighted by Crippen LogP contribution is 2.33. The third kappa shape index (κ3) is 5.08. The summed E-state index contributed by atoms with van der Waals surface area (Å²) in [4.78, 5) is 49.2. The first-order valence-electron chi connectivity index (χ1n) is 8.59. The van der Waals surface area contributed by atoms with Crippen molar-refractivity contribution in [1.82, 2.24) is 5.32 Å². The Balaban J connectivity index is 1.98. The molecular weight excluding hydrogens is 606 g/mol. The molecule has 160 valence electrons. The van der Waals surface area contributed by atoms with Crippen LogP contribution in [0.4, 0.5) is 10.5 Å². The van der Waals surface area contributed by atoms with Crippen LogP contribution < -0.4 is 15.0 Å². The van der Waals surface area contributed by atoms with Crippen molar-refractivity contribution in [2.45, 2.75) is 6.92 Å². The van der Waals surface area contributed by atoms with Gasteiger partial charge in [-0.05, 0) is 86.9 Å². The number of hydrogen-bond acceptors (Lipinski definition) is 5. The van der Waals surface area contributed by atoms with Gasteiger partial charge in [0.25, 0.3) is 11.8 Å². The lowest BCUT2D eigenvalue weighted by Crippen LogP contribution is -2.54. The molecule has 31 heavy (non-hydrogen) atoms. The molecule has 0 bridgehead atoms. The topological polar surface area (TPSA) is 113 Å². The lowest BCUT2D eigenvalue weighted by Gasteiger charge is -2.26. The number of barbiturate groups is 1. The van der Waals surface area contributed by atoms with E-state index >= 15 is 0 Å². The van der Waals surface area contributed by atoms with Gasteiger partial charge in [0.05, 0.1) is 13.7 Å². The lowest BCUT2D eigenvalue weighted by molar-refractivity contribution is -0.139. The Bertz CT molecular complexity index is 1140. The number of hydrogen-bond donors (Lipinski definition) is 2. The second-order valence-corrected chi connectivity index (χ2v) is 8.81. The van der Waals surface area contributed by atoms with Gasteiger partial charge in [-0.25, -0.2) is 14.5 Å². The van der Waals surface area contributed by atoms with Gasteiger partial charge in [0.1, 0.15) is 11.3 Å². The van der Waals surface area contributed by atoms with Crippen LogP contribution in [0.3, 0.4) is 0 Å². The molecule has 11 heteroatoms. The molecule has 0 aromatic heterocycles. The summed E-state index contributed by atoms with van der Waals surface area (Å²) in [7, 11) is 0. The summed E-state index contributed by atoms with van der Waals surface area (Å²) < 4.78 is 6.24. The van der Waals surface area contributed by atoms with Gasteiger partial charge in [-0.3, -0.25) is 14.9 Å². The average molecular weight is 620 g/mol. The predicted molar refractivity (Wildman–Crippen MR) is 125 cm³/mol. The molecular formula is C20H13BrClIN2O6. The number of rotatable bonds is 5. The number of anilines is 1. The number of carboxylic acids is 1. The number of amides is 4. The molecule has 1 saturated heterocycles. The second-order valence-electron chi connectivity index (χ2n) is 6.39. The molecule has 1 fully saturated rings. The van der Waals surface area contributed by atoms with Crippen LogP contribution >= 0.6 is 50.1 Å². The van der Waals surface area contributed by atoms with E-state index in [9.17, 15) is 19.2 Å². The number of aliphatic carboxylic acids is 1. The standard InChI is InChI=1S/C20H13BrClIN2O6/c1-9-2-3-11(7-14(9)22)25-19(29)12(18(28)24-20(25)30)4-10-5-13(21)17(15(23)6-10)31-8-16(26)27/h2-7H,8H2,1H3,(H,26,27)(H,24,28,30)/b12-4-. The normalized spacial score (nSPS) is 15.3. The van der Waals surface area contributed by atoms with E-state index in [4.69, 9.17) is 21.4 Å². The number of urea groups is 1. The summed E-state index contributed by atoms with van der Waals surface area (Å²) in [6.45, 7) is 1.26. The zero-order valence-corrected chi connectivity index (χ0v) is 20.2. The Morgan fingerprint density at radius 3 is 2.61 bits per heavy atom. The van der Waals surface area contributed by atoms with Crippen LogP contribution in [0.25, 0.3) is 6.08 Å². The van der Waals surface area contributed by atoms with Gasteiger partial charge in [-0.1, -0.05) is 17.7 Å². The van der Waals surface area contributed by atoms with Crippen LogP contribution in [0.2, 0.25) is 5.02 Å². The van der Waals surface area contributed by atoms with Crippen molar-refractivity contribution in [3.05, 3.63) is 60.1 Å². The highest BCUT2D eigenvalue weighted by molar-refractivity contribution is 14.1. The minimum absolute atomic E-state index is 0.227. The highest BCUT2D eigenvalue weighted by Gasteiger charge is 2.37. The molecule has 4 amide bonds. The van der Waals surface area contributed by atoms with Gasteiger partial charge >= 0.3 is 12.0 Å². The predicted octanol–water partition coefficient (Wildman–Crippen LogP) is 4.15. The fraction of sp³-hybridized carbons (Fsp3) is 0.100. The molecule has 0 saturated carbocycles. The molecule has 0 aliphatic carbocycles. The quantitative estimate of drug-likeness (QED) is 0.296. The number of carbonyl (C=O) groups is 4. The molecule has 2 aromatic rings. The van der Waals surface area contributed by atoms with E-state index in [1.165, 1.54) is 12.1 Å². The van der Waals surface area contributed by atoms with Crippen LogP contribution in [0.5, 0.6) is 5.75 Å². The molecule has 8 nitrogen and oxygen atoms in total. The maximum absolute atomic E-state index is 13.0. The Labute approximate surface area is 203 Å². The smallest absolute Gasteiger partial charge is 0.341 e. The van der Waals surface area contributed by atoms with Gasteiger partial charge in [-0.2, -0.15) is 0 Å². The molecule has 1 heterocycles. The molecule has 0 unspecified atom stereocenters. The molecule has 1 aliphatic heterocycles. The van der Waals surface area contributed by atoms with E-state index in [0.717, 1.165) is 10.5 Å². The second kappa shape index (κ2) is 9.37. The first-order chi connectivity index (χ1) is 14.6. The third-order valence-electron chi connectivity index (χ3n) is 4.19. The van der Waals surface area contributed by atoms with Crippen LogP contribution in [0.15, 0.2) is 40.4 Å². The molecule has 0 radical (unpaired) electrons. The summed E-state index contributed by atoms with van der Waals surface area (Å²) in [6, 6.07) is 6.99. The molecule has 2 aromatic carbocycles. The minimum Gasteiger partial charge on any atom is -0.480 e. The lowest BCUT2D eigenvalue weighted by atomic mass is 10.1. The monoisotopic (exact) mass is 618 g/mol. The summed E-state index contributed by atoms with van der Waals surface area (Å²) in [6.07, 6.45) is 1.33. The molecule has 3 rings (SSSR count). The van der Waals surface area contributed by atoms with Crippen molar-refractivity contribution in [3.8, 4) is 5.75 Å². The number of aryl methyl sites for hydroxylation is 1. The minimum atomic E-state index is -1.13. The zero-order chi connectivity index (χ0) is 22.9. The largest absolute Gasteiger partial charge is 0.480 e. The number of imide groups is 2. The van der Waals surface area contributed by atoms with Crippen LogP contribution in [-0.4, -0.2) is 35.5 Å². The number of benzene rings is 2. The highest BCUT2D eigenvalue weighted by atomic mass is 127. The number of carboxylic acid groups (broad SMARTS) is 1. The third-order valence-corrected chi connectivity index (χ3v) is 5.98. The Hall–Kier alpha value is -2.44. The van der Waals surface area contributed by atoms with E-state index in [-0.39, 0.29) is 11.3 Å². The maximum Gasteiger partial charge on any atom is 0.341 e. The molecule has 1 aliphatic rings. The van der Waals surface area contributed by atoms with Gasteiger partial charge in [0.15, 0.2) is 6.61 Å². The van der Waals surface area contributed by atoms with E-state index in [2.05, 4.69) is 21.2 Å². The van der Waals surface area contributed by atoms with Crippen molar-refractivity contribution in [3.63, 3.8) is 0 Å². The maximum atomic E-state index is 13.0. The van der Waals surface area contributed by atoms with E-state index in [0.29, 0.717) is 24.4 Å². The van der Waals surface area contributed by atoms with Gasteiger partial charge in [0, 0.05) is 5.02 Å². The fourth-order valence-corrected chi connectivity index (χ4v) is 4.66. The van der Waals surface area contributed by atoms with Crippen molar-refractivity contribution in [1.29, 1.82) is 0 Å². The summed E-state index contributed by atoms with van der Waals surface area (Å²) in [5.74, 6) is -2.44. The fourth-order valence-electron chi connectivity index (χ4n) is 2.71. The number of nitrogens with zero attached hydrogens (tertiary/aromatic N) is 1. The zero-order valence-electron chi connectivity index (χ0n) is 15.7. The number of ether oxygens (including phenoxy) is 1. The van der Waals surface area contributed by atoms with Crippen molar-refractivity contribution in [2.24, 2.45) is 0 Å². The van der Waals surface area contributed by atoms with Crippen LogP contribution in [0.1, 0.15) is 11.1 Å². The Morgan fingerprint density at radius 2 is 2.00 bits per heavy atom. The Morgan fingerprint density at radius 1 is 1.29 bits per heavy atom. The summed E-state index contributed by atoms with van der Waals surface area (Å²) in [5, 5.41) is 11.3. The van der Waals surface area contributed by atoms with E-state index in [1.54, 1.807) is 31.2 Å². The van der Waals surface area contributed by atoms with Gasteiger partial charge in [0.2, 0.25) is 0 Å². The van der Waals surface area contributed by atoms with Gasteiger partial charge in [-0.15, -0.1) is 0 Å². The van der Waals surface area contributed by atoms with Crippen molar-refractivity contribution < 1.29 is 29.0 Å². The van der Waals surface area contributed by atoms with E-state index in [1.807, 2.05) is 22.6 Å². The molecule has 2 N–H and O–H groups in total. The van der Waals surface area contributed by atoms with Crippen molar-refractivity contribution in [2.75, 3.05) is 11.5 Å². The van der Waals surface area contributed by atoms with E-state index < -0.39 is 30.4 Å². The Kier molecular flexibility index (Phi) is 7.02. The number of halogens is 3. The van der Waals surface area contributed by atoms with Crippen LogP contribution in [0, 0.1) is 10.5 Å². The van der Waals surface area contributed by atoms with Crippen molar-refractivity contribution >= 4 is 85.7 Å². The first-order valence-corrected chi connectivity index (χ1v) is 10.8. The molecule has 0 spiro atoms. The molecule has 0 atom stereocenters. The first kappa shape index (κ1) is 23.2. The van der Waals surface area contributed by atoms with Gasteiger partial charge < -0.3 is 9.84 Å². The number of carbonyl (C=O) groups excluding carboxylic acids is 3. The summed E-state index contributed by atoms with van der Waals surface area (Å²) in [5.41, 5.74) is 1.21.